The molecule has 0 amide bonds. The monoisotopic (exact) mass is 254 g/mol. The molecule has 0 saturated carbocycles. The number of hydrogen-bond acceptors (Lipinski definition) is 2. The molecule has 1 heterocycles. The molecule has 0 saturated heterocycles. The second-order valence-corrected chi connectivity index (χ2v) is 2.90. The highest BCUT2D eigenvalue weighted by atomic mass is 79.9. The molecule has 0 radical (unpaired) electrons. The van der Waals surface area contributed by atoms with Gasteiger partial charge in [0.15, 0.2) is 0 Å². The fraction of sp³-hybridized carbons (Fsp3) is 0.286. The van der Waals surface area contributed by atoms with Crippen LogP contribution in [0.25, 0.3) is 0 Å². The molecule has 0 atom stereocenters. The average Bonchev–Trinajstić information content (AvgIpc) is 2.08. The SMILES string of the molecule is Nc1c(F)ncc(CBr)c1C(F)F. The standard InChI is InChI=1S/C7H6BrF3N2/c8-1-3-2-13-7(11)5(12)4(3)6(9)10/h2,6H,1,12H2. The maximum Gasteiger partial charge on any atom is 0.266 e. The Balaban J connectivity index is 3.32. The van der Waals surface area contributed by atoms with E-state index in [0.29, 0.717) is 0 Å². The minimum atomic E-state index is -2.79. The maximum absolute atomic E-state index is 12.7. The Labute approximate surface area is 81.1 Å². The molecule has 6 heteroatoms. The van der Waals surface area contributed by atoms with Crippen LogP contribution in [0, 0.1) is 5.95 Å². The summed E-state index contributed by atoms with van der Waals surface area (Å²) in [7, 11) is 0. The minimum absolute atomic E-state index is 0.171. The average molecular weight is 255 g/mol. The molecule has 72 valence electrons. The minimum Gasteiger partial charge on any atom is -0.395 e. The maximum atomic E-state index is 12.7. The Hall–Kier alpha value is -0.780. The summed E-state index contributed by atoms with van der Waals surface area (Å²) >= 11 is 2.98. The molecule has 2 nitrogen and oxygen atoms in total. The van der Waals surface area contributed by atoms with E-state index in [1.807, 2.05) is 0 Å². The molecule has 0 aromatic carbocycles. The van der Waals surface area contributed by atoms with E-state index in [1.54, 1.807) is 0 Å². The summed E-state index contributed by atoms with van der Waals surface area (Å²) in [5, 5.41) is 0.171. The number of alkyl halides is 3. The largest absolute Gasteiger partial charge is 0.395 e. The van der Waals surface area contributed by atoms with Crippen LogP contribution in [0.5, 0.6) is 0 Å². The zero-order valence-corrected chi connectivity index (χ0v) is 7.98. The summed E-state index contributed by atoms with van der Waals surface area (Å²) in [6.07, 6.45) is -1.74. The van der Waals surface area contributed by atoms with Gasteiger partial charge in [-0.3, -0.25) is 0 Å². The number of hydrogen-bond donors (Lipinski definition) is 1. The lowest BCUT2D eigenvalue weighted by atomic mass is 10.1. The first-order valence-corrected chi connectivity index (χ1v) is 4.47. The number of nitrogens with zero attached hydrogens (tertiary/aromatic N) is 1. The number of aromatic nitrogens is 1. The fourth-order valence-electron chi connectivity index (χ4n) is 0.922. The van der Waals surface area contributed by atoms with Crippen LogP contribution in [0.15, 0.2) is 6.20 Å². The van der Waals surface area contributed by atoms with Crippen molar-refractivity contribution in [2.24, 2.45) is 0 Å². The third kappa shape index (κ3) is 1.93. The number of anilines is 1. The van der Waals surface area contributed by atoms with Crippen molar-refractivity contribution in [3.05, 3.63) is 23.3 Å². The van der Waals surface area contributed by atoms with Gasteiger partial charge in [0.05, 0.1) is 11.3 Å². The van der Waals surface area contributed by atoms with E-state index in [0.717, 1.165) is 6.20 Å². The molecule has 1 aromatic rings. The van der Waals surface area contributed by atoms with Gasteiger partial charge in [0.25, 0.3) is 6.43 Å². The Morgan fingerprint density at radius 2 is 2.15 bits per heavy atom. The third-order valence-electron chi connectivity index (χ3n) is 1.55. The highest BCUT2D eigenvalue weighted by molar-refractivity contribution is 9.08. The van der Waals surface area contributed by atoms with Crippen molar-refractivity contribution in [2.45, 2.75) is 11.8 Å². The van der Waals surface area contributed by atoms with Crippen molar-refractivity contribution >= 4 is 21.6 Å². The second kappa shape index (κ2) is 3.95. The molecular formula is C7H6BrF3N2. The van der Waals surface area contributed by atoms with Gasteiger partial charge in [-0.1, -0.05) is 15.9 Å². The van der Waals surface area contributed by atoms with E-state index >= 15 is 0 Å². The quantitative estimate of drug-likeness (QED) is 0.651. The highest BCUT2D eigenvalue weighted by Crippen LogP contribution is 2.30. The van der Waals surface area contributed by atoms with Crippen molar-refractivity contribution in [3.63, 3.8) is 0 Å². The Morgan fingerprint density at radius 3 is 2.62 bits per heavy atom. The van der Waals surface area contributed by atoms with Crippen LogP contribution in [-0.2, 0) is 5.33 Å². The molecule has 13 heavy (non-hydrogen) atoms. The molecule has 0 aliphatic heterocycles. The molecule has 0 spiro atoms. The topological polar surface area (TPSA) is 38.9 Å². The second-order valence-electron chi connectivity index (χ2n) is 2.34. The van der Waals surface area contributed by atoms with Gasteiger partial charge in [-0.15, -0.1) is 0 Å². The lowest BCUT2D eigenvalue weighted by molar-refractivity contribution is 0.151. The molecule has 1 aromatic heterocycles. The number of nitrogens with two attached hydrogens (primary N) is 1. The van der Waals surface area contributed by atoms with Crippen molar-refractivity contribution in [3.8, 4) is 0 Å². The Bertz CT molecular complexity index is 317. The lowest BCUT2D eigenvalue weighted by Crippen LogP contribution is -2.04. The van der Waals surface area contributed by atoms with Crippen LogP contribution in [0.3, 0.4) is 0 Å². The Kier molecular flexibility index (Phi) is 3.13. The van der Waals surface area contributed by atoms with Crippen molar-refractivity contribution < 1.29 is 13.2 Å². The summed E-state index contributed by atoms with van der Waals surface area (Å²) in [6.45, 7) is 0. The molecule has 0 fully saturated rings. The molecule has 0 bridgehead atoms. The normalized spacial score (nSPS) is 10.8. The van der Waals surface area contributed by atoms with Gasteiger partial charge in [-0.05, 0) is 5.56 Å². The molecule has 0 aliphatic carbocycles. The summed E-state index contributed by atoms with van der Waals surface area (Å²) in [6, 6.07) is 0. The van der Waals surface area contributed by atoms with Crippen molar-refractivity contribution in [1.82, 2.24) is 4.98 Å². The van der Waals surface area contributed by atoms with Crippen LogP contribution < -0.4 is 5.73 Å². The zero-order chi connectivity index (χ0) is 10.0. The van der Waals surface area contributed by atoms with Crippen molar-refractivity contribution in [2.75, 3.05) is 5.73 Å². The number of halogens is 4. The lowest BCUT2D eigenvalue weighted by Gasteiger charge is -2.08. The fourth-order valence-corrected chi connectivity index (χ4v) is 1.37. The van der Waals surface area contributed by atoms with E-state index in [-0.39, 0.29) is 10.9 Å². The first-order chi connectivity index (χ1) is 6.07. The molecule has 0 aliphatic rings. The van der Waals surface area contributed by atoms with Gasteiger partial charge in [-0.25, -0.2) is 13.8 Å². The van der Waals surface area contributed by atoms with E-state index in [9.17, 15) is 13.2 Å². The van der Waals surface area contributed by atoms with Crippen LogP contribution in [0.2, 0.25) is 0 Å². The van der Waals surface area contributed by atoms with E-state index in [1.165, 1.54) is 0 Å². The van der Waals surface area contributed by atoms with E-state index in [2.05, 4.69) is 20.9 Å². The smallest absolute Gasteiger partial charge is 0.266 e. The van der Waals surface area contributed by atoms with Gasteiger partial charge >= 0.3 is 0 Å². The van der Waals surface area contributed by atoms with Gasteiger partial charge in [0.1, 0.15) is 0 Å². The van der Waals surface area contributed by atoms with Crippen LogP contribution in [0.1, 0.15) is 17.6 Å². The van der Waals surface area contributed by atoms with Crippen LogP contribution in [-0.4, -0.2) is 4.98 Å². The summed E-state index contributed by atoms with van der Waals surface area (Å²) in [5.41, 5.74) is 4.27. The predicted molar refractivity (Wildman–Crippen MR) is 46.2 cm³/mol. The van der Waals surface area contributed by atoms with Gasteiger partial charge in [0.2, 0.25) is 5.95 Å². The highest BCUT2D eigenvalue weighted by Gasteiger charge is 2.19. The van der Waals surface area contributed by atoms with Crippen molar-refractivity contribution in [1.29, 1.82) is 0 Å². The first-order valence-electron chi connectivity index (χ1n) is 3.34. The van der Waals surface area contributed by atoms with E-state index < -0.39 is 23.6 Å². The van der Waals surface area contributed by atoms with Gasteiger partial charge in [-0.2, -0.15) is 4.39 Å². The zero-order valence-electron chi connectivity index (χ0n) is 6.40. The van der Waals surface area contributed by atoms with E-state index in [4.69, 9.17) is 5.73 Å². The molecule has 1 rings (SSSR count). The molecular weight excluding hydrogens is 249 g/mol. The molecule has 2 N–H and O–H groups in total. The first kappa shape index (κ1) is 10.3. The predicted octanol–water partition coefficient (Wildman–Crippen LogP) is 2.64. The summed E-state index contributed by atoms with van der Waals surface area (Å²) in [4.78, 5) is 3.24. The molecule has 0 unspecified atom stereocenters. The van der Waals surface area contributed by atoms with Crippen LogP contribution in [0.4, 0.5) is 18.9 Å². The Morgan fingerprint density at radius 1 is 1.54 bits per heavy atom. The summed E-state index contributed by atoms with van der Waals surface area (Å²) in [5.74, 6) is -1.06. The third-order valence-corrected chi connectivity index (χ3v) is 2.16. The number of rotatable bonds is 2. The van der Waals surface area contributed by atoms with Gasteiger partial charge in [0, 0.05) is 11.5 Å². The summed E-state index contributed by atoms with van der Waals surface area (Å²) < 4.78 is 37.4. The number of pyridine rings is 1. The van der Waals surface area contributed by atoms with Gasteiger partial charge < -0.3 is 5.73 Å². The van der Waals surface area contributed by atoms with Crippen LogP contribution >= 0.6 is 15.9 Å². The number of nitrogen functional groups attached to an aromatic ring is 1.